The minimum Gasteiger partial charge on any atom is -0.479 e. The fourth-order valence-electron chi connectivity index (χ4n) is 1.92. The molecule has 1 aromatic rings. The Morgan fingerprint density at radius 2 is 2.28 bits per heavy atom. The molecule has 2 rings (SSSR count). The summed E-state index contributed by atoms with van der Waals surface area (Å²) >= 11 is 6.05. The van der Waals surface area contributed by atoms with Crippen LogP contribution in [0.4, 0.5) is 0 Å². The normalized spacial score (nSPS) is 20.1. The van der Waals surface area contributed by atoms with E-state index in [-0.39, 0.29) is 12.5 Å². The van der Waals surface area contributed by atoms with Crippen LogP contribution in [-0.2, 0) is 11.4 Å². The second-order valence-electron chi connectivity index (χ2n) is 4.32. The van der Waals surface area contributed by atoms with E-state index in [1.165, 1.54) is 0 Å². The van der Waals surface area contributed by atoms with Crippen LogP contribution in [0.2, 0.25) is 5.02 Å². The molecule has 0 aromatic heterocycles. The van der Waals surface area contributed by atoms with Crippen LogP contribution in [-0.4, -0.2) is 23.7 Å². The van der Waals surface area contributed by atoms with Gasteiger partial charge in [-0.25, -0.2) is 0 Å². The standard InChI is InChI=1S/C13H16ClNO3/c14-10-7-9(8-16)4-5-11(10)18-12-3-1-2-6-15-13(12)17/h4-5,7,12,16H,1-3,6,8H2,(H,15,17). The molecule has 0 bridgehead atoms. The van der Waals surface area contributed by atoms with Gasteiger partial charge in [-0.15, -0.1) is 0 Å². The zero-order valence-corrected chi connectivity index (χ0v) is 10.7. The van der Waals surface area contributed by atoms with E-state index in [2.05, 4.69) is 5.32 Å². The molecular formula is C13H16ClNO3. The summed E-state index contributed by atoms with van der Waals surface area (Å²) in [6.45, 7) is 0.639. The molecule has 1 aliphatic rings. The van der Waals surface area contributed by atoms with Gasteiger partial charge in [0.15, 0.2) is 6.10 Å². The summed E-state index contributed by atoms with van der Waals surface area (Å²) in [5, 5.41) is 12.2. The third-order valence-electron chi connectivity index (χ3n) is 2.93. The summed E-state index contributed by atoms with van der Waals surface area (Å²) < 4.78 is 5.65. The molecule has 0 saturated carbocycles. The Kier molecular flexibility index (Phi) is 4.44. The largest absolute Gasteiger partial charge is 0.479 e. The lowest BCUT2D eigenvalue weighted by atomic mass is 10.1. The van der Waals surface area contributed by atoms with Crippen molar-refractivity contribution < 1.29 is 14.6 Å². The number of rotatable bonds is 3. The third kappa shape index (κ3) is 3.15. The van der Waals surface area contributed by atoms with Gasteiger partial charge in [0.25, 0.3) is 5.91 Å². The molecule has 98 valence electrons. The Morgan fingerprint density at radius 1 is 1.44 bits per heavy atom. The van der Waals surface area contributed by atoms with Gasteiger partial charge in [-0.3, -0.25) is 4.79 Å². The number of aliphatic hydroxyl groups excluding tert-OH is 1. The van der Waals surface area contributed by atoms with E-state index in [4.69, 9.17) is 21.4 Å². The van der Waals surface area contributed by atoms with E-state index in [0.29, 0.717) is 23.7 Å². The molecule has 0 radical (unpaired) electrons. The fourth-order valence-corrected chi connectivity index (χ4v) is 2.16. The van der Waals surface area contributed by atoms with Crippen LogP contribution in [0.1, 0.15) is 24.8 Å². The summed E-state index contributed by atoms with van der Waals surface area (Å²) in [6, 6.07) is 5.06. The second-order valence-corrected chi connectivity index (χ2v) is 4.72. The van der Waals surface area contributed by atoms with Crippen molar-refractivity contribution in [3.05, 3.63) is 28.8 Å². The number of carbonyl (C=O) groups excluding carboxylic acids is 1. The summed E-state index contributed by atoms with van der Waals surface area (Å²) in [6.07, 6.45) is 2.15. The number of nitrogens with one attached hydrogen (secondary N) is 1. The van der Waals surface area contributed by atoms with Gasteiger partial charge in [-0.1, -0.05) is 17.7 Å². The van der Waals surface area contributed by atoms with Crippen molar-refractivity contribution in [2.24, 2.45) is 0 Å². The summed E-state index contributed by atoms with van der Waals surface area (Å²) in [7, 11) is 0. The predicted octanol–water partition coefficient (Wildman–Crippen LogP) is 1.88. The van der Waals surface area contributed by atoms with Gasteiger partial charge in [0.1, 0.15) is 5.75 Å². The van der Waals surface area contributed by atoms with Crippen LogP contribution < -0.4 is 10.1 Å². The number of carbonyl (C=O) groups is 1. The number of hydrogen-bond acceptors (Lipinski definition) is 3. The topological polar surface area (TPSA) is 58.6 Å². The van der Waals surface area contributed by atoms with Crippen LogP contribution >= 0.6 is 11.6 Å². The quantitative estimate of drug-likeness (QED) is 0.881. The van der Waals surface area contributed by atoms with E-state index >= 15 is 0 Å². The van der Waals surface area contributed by atoms with Crippen LogP contribution in [0.5, 0.6) is 5.75 Å². The van der Waals surface area contributed by atoms with Crippen molar-refractivity contribution in [2.45, 2.75) is 32.0 Å². The Bertz CT molecular complexity index is 436. The highest BCUT2D eigenvalue weighted by atomic mass is 35.5. The number of hydrogen-bond donors (Lipinski definition) is 2. The van der Waals surface area contributed by atoms with Crippen molar-refractivity contribution in [3.8, 4) is 5.75 Å². The molecule has 18 heavy (non-hydrogen) atoms. The molecule has 0 aliphatic carbocycles. The third-order valence-corrected chi connectivity index (χ3v) is 3.23. The van der Waals surface area contributed by atoms with Gasteiger partial charge >= 0.3 is 0 Å². The lowest BCUT2D eigenvalue weighted by molar-refractivity contribution is -0.127. The molecule has 1 aliphatic heterocycles. The molecule has 1 fully saturated rings. The lowest BCUT2D eigenvalue weighted by Crippen LogP contribution is -2.36. The summed E-state index contributed by atoms with van der Waals surface area (Å²) in [5.74, 6) is 0.394. The maximum atomic E-state index is 11.7. The first-order valence-corrected chi connectivity index (χ1v) is 6.42. The van der Waals surface area contributed by atoms with E-state index in [1.807, 2.05) is 0 Å². The number of aliphatic hydroxyl groups is 1. The number of amides is 1. The first-order valence-electron chi connectivity index (χ1n) is 6.04. The van der Waals surface area contributed by atoms with Gasteiger partial charge in [0.05, 0.1) is 11.6 Å². The lowest BCUT2D eigenvalue weighted by Gasteiger charge is -2.17. The number of halogens is 1. The smallest absolute Gasteiger partial charge is 0.261 e. The SMILES string of the molecule is O=C1NCCCCC1Oc1ccc(CO)cc1Cl. The fraction of sp³-hybridized carbons (Fsp3) is 0.462. The maximum Gasteiger partial charge on any atom is 0.261 e. The van der Waals surface area contributed by atoms with Crippen LogP contribution in [0.25, 0.3) is 0 Å². The van der Waals surface area contributed by atoms with Crippen LogP contribution in [0.3, 0.4) is 0 Å². The molecule has 4 nitrogen and oxygen atoms in total. The highest BCUT2D eigenvalue weighted by Gasteiger charge is 2.23. The van der Waals surface area contributed by atoms with E-state index < -0.39 is 6.10 Å². The molecule has 1 heterocycles. The van der Waals surface area contributed by atoms with E-state index in [0.717, 1.165) is 18.4 Å². The minimum atomic E-state index is -0.482. The van der Waals surface area contributed by atoms with Gasteiger partial charge in [-0.05, 0) is 37.0 Å². The number of benzene rings is 1. The molecule has 0 spiro atoms. The highest BCUT2D eigenvalue weighted by molar-refractivity contribution is 6.32. The monoisotopic (exact) mass is 269 g/mol. The van der Waals surface area contributed by atoms with Crippen molar-refractivity contribution >= 4 is 17.5 Å². The molecular weight excluding hydrogens is 254 g/mol. The van der Waals surface area contributed by atoms with Crippen molar-refractivity contribution in [1.82, 2.24) is 5.32 Å². The van der Waals surface area contributed by atoms with E-state index in [1.54, 1.807) is 18.2 Å². The Labute approximate surface area is 111 Å². The maximum absolute atomic E-state index is 11.7. The zero-order valence-electron chi connectivity index (χ0n) is 9.99. The first kappa shape index (κ1) is 13.2. The summed E-state index contributed by atoms with van der Waals surface area (Å²) in [5.41, 5.74) is 0.720. The van der Waals surface area contributed by atoms with Gasteiger partial charge in [0, 0.05) is 6.54 Å². The minimum absolute atomic E-state index is 0.0656. The predicted molar refractivity (Wildman–Crippen MR) is 68.7 cm³/mol. The number of ether oxygens (including phenoxy) is 1. The average molecular weight is 270 g/mol. The van der Waals surface area contributed by atoms with Crippen LogP contribution in [0.15, 0.2) is 18.2 Å². The highest BCUT2D eigenvalue weighted by Crippen LogP contribution is 2.27. The summed E-state index contributed by atoms with van der Waals surface area (Å²) in [4.78, 5) is 11.7. The van der Waals surface area contributed by atoms with Crippen molar-refractivity contribution in [2.75, 3.05) is 6.54 Å². The molecule has 5 heteroatoms. The Balaban J connectivity index is 2.10. The zero-order chi connectivity index (χ0) is 13.0. The molecule has 1 unspecified atom stereocenters. The second kappa shape index (κ2) is 6.07. The van der Waals surface area contributed by atoms with Crippen LogP contribution in [0, 0.1) is 0 Å². The first-order chi connectivity index (χ1) is 8.70. The Hall–Kier alpha value is -1.26. The molecule has 1 amide bonds. The van der Waals surface area contributed by atoms with Crippen molar-refractivity contribution in [1.29, 1.82) is 0 Å². The van der Waals surface area contributed by atoms with Crippen molar-refractivity contribution in [3.63, 3.8) is 0 Å². The average Bonchev–Trinajstić information content (AvgIpc) is 2.57. The molecule has 2 N–H and O–H groups in total. The molecule has 1 saturated heterocycles. The Morgan fingerprint density at radius 3 is 3.00 bits per heavy atom. The van der Waals surface area contributed by atoms with Gasteiger partial charge in [-0.2, -0.15) is 0 Å². The van der Waals surface area contributed by atoms with Gasteiger partial charge < -0.3 is 15.2 Å². The van der Waals surface area contributed by atoms with Gasteiger partial charge in [0.2, 0.25) is 0 Å². The van der Waals surface area contributed by atoms with E-state index in [9.17, 15) is 4.79 Å². The molecule has 1 atom stereocenters. The molecule has 1 aromatic carbocycles.